The van der Waals surface area contributed by atoms with Gasteiger partial charge >= 0.3 is 0 Å². The summed E-state index contributed by atoms with van der Waals surface area (Å²) in [4.78, 5) is 11.4. The minimum atomic E-state index is 0.0980. The lowest BCUT2D eigenvalue weighted by atomic mass is 9.77. The van der Waals surface area contributed by atoms with Gasteiger partial charge in [0.25, 0.3) is 0 Å². The van der Waals surface area contributed by atoms with Gasteiger partial charge in [-0.2, -0.15) is 5.10 Å². The molecule has 2 aliphatic rings. The molecule has 1 aliphatic carbocycles. The molecule has 5 rings (SSSR count). The van der Waals surface area contributed by atoms with Crippen molar-refractivity contribution in [3.8, 4) is 5.88 Å². The third-order valence-corrected chi connectivity index (χ3v) is 6.54. The van der Waals surface area contributed by atoms with Crippen molar-refractivity contribution >= 4 is 11.3 Å². The lowest BCUT2D eigenvalue weighted by molar-refractivity contribution is 0.0459. The van der Waals surface area contributed by atoms with Gasteiger partial charge in [-0.3, -0.25) is 9.58 Å². The monoisotopic (exact) mass is 381 g/mol. The van der Waals surface area contributed by atoms with Crippen LogP contribution in [0.2, 0.25) is 0 Å². The molecule has 7 heteroatoms. The lowest BCUT2D eigenvalue weighted by Gasteiger charge is -2.37. The fourth-order valence-electron chi connectivity index (χ4n) is 4.59. The van der Waals surface area contributed by atoms with Crippen molar-refractivity contribution in [2.75, 3.05) is 13.1 Å². The number of hydrogen-bond acceptors (Lipinski definition) is 6. The van der Waals surface area contributed by atoms with Crippen LogP contribution in [-0.4, -0.2) is 43.8 Å². The summed E-state index contributed by atoms with van der Waals surface area (Å²) in [6.07, 6.45) is 9.83. The smallest absolute Gasteiger partial charge is 0.213 e. The molecule has 3 aromatic heterocycles. The lowest BCUT2D eigenvalue weighted by Crippen LogP contribution is -2.40. The molecule has 0 unspecified atom stereocenters. The molecule has 27 heavy (non-hydrogen) atoms. The fourth-order valence-corrected chi connectivity index (χ4v) is 5.25. The quantitative estimate of drug-likeness (QED) is 0.679. The average molecular weight is 382 g/mol. The highest BCUT2D eigenvalue weighted by Crippen LogP contribution is 2.42. The van der Waals surface area contributed by atoms with Gasteiger partial charge in [0, 0.05) is 49.3 Å². The highest BCUT2D eigenvalue weighted by molar-refractivity contribution is 7.09. The van der Waals surface area contributed by atoms with Crippen molar-refractivity contribution in [2.24, 2.45) is 11.8 Å². The van der Waals surface area contributed by atoms with Crippen LogP contribution in [0.4, 0.5) is 0 Å². The molecule has 1 aliphatic heterocycles. The zero-order chi connectivity index (χ0) is 18.1. The molecule has 1 saturated carbocycles. The Morgan fingerprint density at radius 2 is 1.96 bits per heavy atom. The van der Waals surface area contributed by atoms with Crippen LogP contribution in [0.3, 0.4) is 0 Å². The van der Waals surface area contributed by atoms with E-state index in [0.717, 1.165) is 32.5 Å². The minimum Gasteiger partial charge on any atom is -0.472 e. The molecule has 4 heterocycles. The number of pyridine rings is 1. The van der Waals surface area contributed by atoms with Gasteiger partial charge in [-0.05, 0) is 36.8 Å². The fraction of sp³-hybridized carbons (Fsp3) is 0.450. The predicted octanol–water partition coefficient (Wildman–Crippen LogP) is 3.27. The number of nitrogens with zero attached hydrogens (tertiary/aromatic N) is 5. The number of hydrogen-bond donors (Lipinski definition) is 0. The van der Waals surface area contributed by atoms with E-state index in [1.807, 2.05) is 36.7 Å². The average Bonchev–Trinajstić information content (AvgIpc) is 3.44. The van der Waals surface area contributed by atoms with Gasteiger partial charge in [0.05, 0.1) is 12.6 Å². The molecule has 0 bridgehead atoms. The van der Waals surface area contributed by atoms with Crippen LogP contribution in [0.1, 0.15) is 23.9 Å². The first-order valence-electron chi connectivity index (χ1n) is 9.52. The van der Waals surface area contributed by atoms with Crippen molar-refractivity contribution in [1.29, 1.82) is 0 Å². The maximum absolute atomic E-state index is 6.34. The molecule has 2 fully saturated rings. The number of ether oxygens (including phenoxy) is 1. The summed E-state index contributed by atoms with van der Waals surface area (Å²) in [6, 6.07) is 8.08. The van der Waals surface area contributed by atoms with Gasteiger partial charge in [-0.25, -0.2) is 9.97 Å². The van der Waals surface area contributed by atoms with Gasteiger partial charge in [-0.15, -0.1) is 11.3 Å². The maximum atomic E-state index is 6.34. The van der Waals surface area contributed by atoms with E-state index in [0.29, 0.717) is 17.7 Å². The van der Waals surface area contributed by atoms with Crippen molar-refractivity contribution in [1.82, 2.24) is 24.6 Å². The van der Waals surface area contributed by atoms with E-state index in [1.54, 1.807) is 17.5 Å². The SMILES string of the molecule is c1ccc(O[C@H]2C[C@@H]3CN(Cc4nccs4)C[C@@H]3C[C@@H]2n2cccn2)nc1. The number of aromatic nitrogens is 4. The molecule has 140 valence electrons. The Kier molecular flexibility index (Phi) is 4.63. The first kappa shape index (κ1) is 16.9. The molecule has 0 aromatic carbocycles. The Bertz CT molecular complexity index is 839. The summed E-state index contributed by atoms with van der Waals surface area (Å²) in [6.45, 7) is 3.22. The van der Waals surface area contributed by atoms with Crippen molar-refractivity contribution in [3.05, 3.63) is 59.4 Å². The zero-order valence-corrected chi connectivity index (χ0v) is 15.9. The Hall–Kier alpha value is -2.25. The van der Waals surface area contributed by atoms with E-state index in [4.69, 9.17) is 4.74 Å². The second-order valence-electron chi connectivity index (χ2n) is 7.49. The Labute approximate surface area is 162 Å². The normalized spacial score (nSPS) is 28.1. The molecule has 0 N–H and O–H groups in total. The summed E-state index contributed by atoms with van der Waals surface area (Å²) in [5.74, 6) is 2.05. The number of rotatable bonds is 5. The van der Waals surface area contributed by atoms with Gasteiger partial charge in [0.15, 0.2) is 0 Å². The summed E-state index contributed by atoms with van der Waals surface area (Å²) in [5, 5.41) is 7.79. The molecular formula is C20H23N5OS. The maximum Gasteiger partial charge on any atom is 0.213 e. The van der Waals surface area contributed by atoms with E-state index in [9.17, 15) is 0 Å². The second-order valence-corrected chi connectivity index (χ2v) is 8.47. The zero-order valence-electron chi connectivity index (χ0n) is 15.1. The van der Waals surface area contributed by atoms with Crippen LogP contribution in [0.25, 0.3) is 0 Å². The number of fused-ring (bicyclic) bond motifs is 1. The Morgan fingerprint density at radius 1 is 1.04 bits per heavy atom. The van der Waals surface area contributed by atoms with E-state index in [-0.39, 0.29) is 12.1 Å². The molecule has 0 amide bonds. The predicted molar refractivity (Wildman–Crippen MR) is 104 cm³/mol. The van der Waals surface area contributed by atoms with Crippen LogP contribution in [0.5, 0.6) is 5.88 Å². The molecule has 3 aromatic rings. The van der Waals surface area contributed by atoms with Crippen molar-refractivity contribution in [2.45, 2.75) is 31.5 Å². The van der Waals surface area contributed by atoms with E-state index in [2.05, 4.69) is 36.2 Å². The van der Waals surface area contributed by atoms with Gasteiger partial charge in [-0.1, -0.05) is 6.07 Å². The van der Waals surface area contributed by atoms with E-state index >= 15 is 0 Å². The third kappa shape index (κ3) is 3.61. The number of likely N-dealkylation sites (tertiary alicyclic amines) is 1. The van der Waals surface area contributed by atoms with Crippen molar-refractivity contribution in [3.63, 3.8) is 0 Å². The summed E-state index contributed by atoms with van der Waals surface area (Å²) < 4.78 is 8.42. The number of thiazole rings is 1. The van der Waals surface area contributed by atoms with Crippen molar-refractivity contribution < 1.29 is 4.74 Å². The van der Waals surface area contributed by atoms with Crippen LogP contribution >= 0.6 is 11.3 Å². The first-order chi connectivity index (χ1) is 13.3. The molecule has 1 saturated heterocycles. The van der Waals surface area contributed by atoms with Crippen LogP contribution < -0.4 is 4.74 Å². The summed E-state index contributed by atoms with van der Waals surface area (Å²) in [5.41, 5.74) is 0. The Morgan fingerprint density at radius 3 is 2.70 bits per heavy atom. The van der Waals surface area contributed by atoms with Crippen LogP contribution in [-0.2, 0) is 6.54 Å². The topological polar surface area (TPSA) is 56.1 Å². The van der Waals surface area contributed by atoms with E-state index in [1.165, 1.54) is 5.01 Å². The molecule has 0 radical (unpaired) electrons. The standard InChI is InChI=1S/C20H23N5OS/c1-2-5-21-19(4-1)26-18-11-16-13-24(14-20-22-7-9-27-20)12-15(16)10-17(18)25-8-3-6-23-25/h1-9,15-18H,10-14H2/t15-,16+,17-,18-/m0/s1. The van der Waals surface area contributed by atoms with Crippen LogP contribution in [0.15, 0.2) is 54.4 Å². The summed E-state index contributed by atoms with van der Waals surface area (Å²) >= 11 is 1.74. The first-order valence-corrected chi connectivity index (χ1v) is 10.4. The minimum absolute atomic E-state index is 0.0980. The molecule has 0 spiro atoms. The summed E-state index contributed by atoms with van der Waals surface area (Å²) in [7, 11) is 0. The second kappa shape index (κ2) is 7.40. The highest BCUT2D eigenvalue weighted by atomic mass is 32.1. The van der Waals surface area contributed by atoms with Gasteiger partial charge in [0.1, 0.15) is 11.1 Å². The third-order valence-electron chi connectivity index (χ3n) is 5.78. The Balaban J connectivity index is 1.33. The molecular weight excluding hydrogens is 358 g/mol. The van der Waals surface area contributed by atoms with E-state index < -0.39 is 0 Å². The largest absolute Gasteiger partial charge is 0.472 e. The van der Waals surface area contributed by atoms with Gasteiger partial charge in [0.2, 0.25) is 5.88 Å². The van der Waals surface area contributed by atoms with Crippen LogP contribution in [0, 0.1) is 11.8 Å². The molecule has 6 nitrogen and oxygen atoms in total. The van der Waals surface area contributed by atoms with Gasteiger partial charge < -0.3 is 4.74 Å². The highest BCUT2D eigenvalue weighted by Gasteiger charge is 2.44. The molecule has 4 atom stereocenters.